The van der Waals surface area contributed by atoms with Gasteiger partial charge in [0.2, 0.25) is 0 Å². The van der Waals surface area contributed by atoms with Gasteiger partial charge in [-0.15, -0.1) is 0 Å². The third-order valence-corrected chi connectivity index (χ3v) is 4.36. The summed E-state index contributed by atoms with van der Waals surface area (Å²) in [5, 5.41) is 15.0. The van der Waals surface area contributed by atoms with Gasteiger partial charge in [-0.2, -0.15) is 0 Å². The highest BCUT2D eigenvalue weighted by molar-refractivity contribution is 5.95. The smallest absolute Gasteiger partial charge is 0.306 e. The third kappa shape index (κ3) is 5.17. The first-order valence-corrected chi connectivity index (χ1v) is 8.35. The zero-order chi connectivity index (χ0) is 19.1. The lowest BCUT2D eigenvalue weighted by Crippen LogP contribution is -2.14. The van der Waals surface area contributed by atoms with E-state index in [4.69, 9.17) is 27.0 Å². The highest BCUT2D eigenvalue weighted by Crippen LogP contribution is 2.27. The summed E-state index contributed by atoms with van der Waals surface area (Å²) in [4.78, 5) is 11.8. The Morgan fingerprint density at radius 3 is 2.27 bits per heavy atom. The van der Waals surface area contributed by atoms with E-state index in [1.165, 1.54) is 7.11 Å². The second-order valence-electron chi connectivity index (χ2n) is 6.17. The lowest BCUT2D eigenvalue weighted by molar-refractivity contribution is -0.141. The number of benzene rings is 2. The Kier molecular flexibility index (Phi) is 6.49. The summed E-state index contributed by atoms with van der Waals surface area (Å²) in [5.41, 5.74) is 14.4. The van der Waals surface area contributed by atoms with Crippen LogP contribution >= 0.6 is 0 Å². The van der Waals surface area contributed by atoms with E-state index in [1.54, 1.807) is 6.07 Å². The number of hydrogen-bond donors (Lipinski definition) is 4. The van der Waals surface area contributed by atoms with E-state index in [9.17, 15) is 4.79 Å². The highest BCUT2D eigenvalue weighted by Gasteiger charge is 2.17. The van der Waals surface area contributed by atoms with Crippen molar-refractivity contribution in [3.05, 3.63) is 70.8 Å². The van der Waals surface area contributed by atoms with Gasteiger partial charge in [0, 0.05) is 11.1 Å². The SMILES string of the molecule is COC(=O)CC(CCc1ccc(C(=N)N)cc1)c1cccc(C(=N)N)c1. The van der Waals surface area contributed by atoms with Crippen molar-refractivity contribution in [3.8, 4) is 0 Å². The molecule has 0 fully saturated rings. The third-order valence-electron chi connectivity index (χ3n) is 4.36. The number of aryl methyl sites for hydroxylation is 1. The van der Waals surface area contributed by atoms with Crippen LogP contribution < -0.4 is 11.5 Å². The fourth-order valence-electron chi connectivity index (χ4n) is 2.82. The number of carbonyl (C=O) groups excluding carboxylic acids is 1. The van der Waals surface area contributed by atoms with E-state index in [2.05, 4.69) is 0 Å². The number of ether oxygens (including phenoxy) is 1. The molecule has 0 spiro atoms. The predicted octanol–water partition coefficient (Wildman–Crippen LogP) is 2.53. The maximum Gasteiger partial charge on any atom is 0.306 e. The van der Waals surface area contributed by atoms with Crippen molar-refractivity contribution in [1.82, 2.24) is 0 Å². The topological polar surface area (TPSA) is 126 Å². The van der Waals surface area contributed by atoms with Crippen LogP contribution in [-0.4, -0.2) is 24.8 Å². The number of nitrogens with two attached hydrogens (primary N) is 2. The maximum absolute atomic E-state index is 11.8. The molecule has 6 nitrogen and oxygen atoms in total. The molecule has 2 aromatic carbocycles. The quantitative estimate of drug-likeness (QED) is 0.331. The van der Waals surface area contributed by atoms with Gasteiger partial charge >= 0.3 is 5.97 Å². The van der Waals surface area contributed by atoms with Crippen LogP contribution in [0.2, 0.25) is 0 Å². The molecule has 0 aliphatic heterocycles. The molecule has 6 heteroatoms. The molecule has 0 heterocycles. The fraction of sp³-hybridized carbons (Fsp3) is 0.250. The summed E-state index contributed by atoms with van der Waals surface area (Å²) in [6.45, 7) is 0. The summed E-state index contributed by atoms with van der Waals surface area (Å²) >= 11 is 0. The van der Waals surface area contributed by atoms with Gasteiger partial charge in [0.05, 0.1) is 13.5 Å². The number of nitrogen functional groups attached to an aromatic ring is 2. The van der Waals surface area contributed by atoms with E-state index in [-0.39, 0.29) is 30.0 Å². The zero-order valence-corrected chi connectivity index (χ0v) is 14.8. The van der Waals surface area contributed by atoms with Gasteiger partial charge in [-0.3, -0.25) is 15.6 Å². The first-order valence-electron chi connectivity index (χ1n) is 8.35. The summed E-state index contributed by atoms with van der Waals surface area (Å²) < 4.78 is 4.83. The molecule has 0 aromatic heterocycles. The highest BCUT2D eigenvalue weighted by atomic mass is 16.5. The summed E-state index contributed by atoms with van der Waals surface area (Å²) in [7, 11) is 1.38. The molecule has 0 radical (unpaired) electrons. The van der Waals surface area contributed by atoms with Gasteiger partial charge in [0.25, 0.3) is 0 Å². The van der Waals surface area contributed by atoms with Gasteiger partial charge < -0.3 is 16.2 Å². The van der Waals surface area contributed by atoms with Gasteiger partial charge in [0.15, 0.2) is 0 Å². The Bertz CT molecular complexity index is 800. The first kappa shape index (κ1) is 19.2. The summed E-state index contributed by atoms with van der Waals surface area (Å²) in [6.07, 6.45) is 1.78. The van der Waals surface area contributed by atoms with Crippen molar-refractivity contribution >= 4 is 17.6 Å². The van der Waals surface area contributed by atoms with Crippen molar-refractivity contribution in [2.45, 2.75) is 25.2 Å². The second kappa shape index (κ2) is 8.80. The van der Waals surface area contributed by atoms with Crippen LogP contribution in [-0.2, 0) is 16.0 Å². The van der Waals surface area contributed by atoms with Crippen LogP contribution in [0.25, 0.3) is 0 Å². The molecular weight excluding hydrogens is 328 g/mol. The van der Waals surface area contributed by atoms with Crippen LogP contribution in [0.1, 0.15) is 41.0 Å². The number of rotatable bonds is 8. The van der Waals surface area contributed by atoms with E-state index in [0.29, 0.717) is 11.1 Å². The minimum absolute atomic E-state index is 0.00323. The Morgan fingerprint density at radius 2 is 1.69 bits per heavy atom. The summed E-state index contributed by atoms with van der Waals surface area (Å²) in [5.74, 6) is -0.256. The molecule has 0 aliphatic carbocycles. The largest absolute Gasteiger partial charge is 0.469 e. The van der Waals surface area contributed by atoms with Crippen molar-refractivity contribution in [2.75, 3.05) is 7.11 Å². The Balaban J connectivity index is 2.16. The number of hydrogen-bond acceptors (Lipinski definition) is 4. The number of amidine groups is 2. The van der Waals surface area contributed by atoms with Crippen molar-refractivity contribution < 1.29 is 9.53 Å². The summed E-state index contributed by atoms with van der Waals surface area (Å²) in [6, 6.07) is 15.0. The molecular formula is C20H24N4O2. The molecule has 0 bridgehead atoms. The van der Waals surface area contributed by atoms with Crippen molar-refractivity contribution in [1.29, 1.82) is 10.8 Å². The second-order valence-corrected chi connectivity index (χ2v) is 6.17. The Hall–Kier alpha value is -3.15. The van der Waals surface area contributed by atoms with E-state index in [0.717, 1.165) is 24.0 Å². The van der Waals surface area contributed by atoms with Crippen LogP contribution in [0.15, 0.2) is 48.5 Å². The molecule has 0 amide bonds. The van der Waals surface area contributed by atoms with E-state index in [1.807, 2.05) is 42.5 Å². The van der Waals surface area contributed by atoms with Gasteiger partial charge in [-0.05, 0) is 36.0 Å². The Labute approximate surface area is 153 Å². The number of carbonyl (C=O) groups is 1. The zero-order valence-electron chi connectivity index (χ0n) is 14.8. The average molecular weight is 352 g/mol. The lowest BCUT2D eigenvalue weighted by atomic mass is 9.88. The average Bonchev–Trinajstić information content (AvgIpc) is 2.65. The van der Waals surface area contributed by atoms with Crippen LogP contribution in [0.3, 0.4) is 0 Å². The van der Waals surface area contributed by atoms with Gasteiger partial charge in [0.1, 0.15) is 11.7 Å². The van der Waals surface area contributed by atoms with Gasteiger partial charge in [-0.25, -0.2) is 0 Å². The number of nitrogens with one attached hydrogen (secondary N) is 2. The molecule has 0 saturated carbocycles. The normalized spacial score (nSPS) is 11.6. The van der Waals surface area contributed by atoms with E-state index < -0.39 is 0 Å². The van der Waals surface area contributed by atoms with E-state index >= 15 is 0 Å². The fourth-order valence-corrected chi connectivity index (χ4v) is 2.82. The maximum atomic E-state index is 11.8. The first-order chi connectivity index (χ1) is 12.4. The molecule has 0 saturated heterocycles. The number of methoxy groups -OCH3 is 1. The molecule has 1 atom stereocenters. The van der Waals surface area contributed by atoms with Crippen molar-refractivity contribution in [2.24, 2.45) is 11.5 Å². The molecule has 0 aliphatic rings. The molecule has 6 N–H and O–H groups in total. The molecule has 2 rings (SSSR count). The Morgan fingerprint density at radius 1 is 1.04 bits per heavy atom. The molecule has 136 valence electrons. The monoisotopic (exact) mass is 352 g/mol. The lowest BCUT2D eigenvalue weighted by Gasteiger charge is -2.17. The van der Waals surface area contributed by atoms with Crippen LogP contribution in [0.4, 0.5) is 0 Å². The molecule has 1 unspecified atom stereocenters. The minimum atomic E-state index is -0.268. The standard InChI is InChI=1S/C20H24N4O2/c1-26-18(25)12-16(15-3-2-4-17(11-15)20(23)24)10-7-13-5-8-14(9-6-13)19(21)22/h2-6,8-9,11,16H,7,10,12H2,1H3,(H3,21,22)(H3,23,24). The van der Waals surface area contributed by atoms with Crippen LogP contribution in [0.5, 0.6) is 0 Å². The van der Waals surface area contributed by atoms with Crippen molar-refractivity contribution in [3.63, 3.8) is 0 Å². The number of esters is 1. The van der Waals surface area contributed by atoms with Crippen LogP contribution in [0, 0.1) is 10.8 Å². The van der Waals surface area contributed by atoms with Gasteiger partial charge in [-0.1, -0.05) is 42.5 Å². The predicted molar refractivity (Wildman–Crippen MR) is 103 cm³/mol. The molecule has 2 aromatic rings. The minimum Gasteiger partial charge on any atom is -0.469 e. The molecule has 26 heavy (non-hydrogen) atoms.